The summed E-state index contributed by atoms with van der Waals surface area (Å²) in [6.45, 7) is 4.07. The van der Waals surface area contributed by atoms with Crippen molar-refractivity contribution in [1.82, 2.24) is 16.0 Å². The number of carbonyl (C=O) groups is 1. The normalized spacial score (nSPS) is 15.2. The second-order valence-corrected chi connectivity index (χ2v) is 6.80. The monoisotopic (exact) mass is 364 g/mol. The Kier molecular flexibility index (Phi) is 8.60. The first-order valence-corrected chi connectivity index (χ1v) is 9.61. The van der Waals surface area contributed by atoms with E-state index >= 15 is 0 Å². The molecule has 1 fully saturated rings. The highest BCUT2D eigenvalue weighted by atomic mass is 35.5. The molecule has 6 heteroatoms. The number of guanidine groups is 1. The van der Waals surface area contributed by atoms with E-state index in [1.807, 2.05) is 25.1 Å². The van der Waals surface area contributed by atoms with Gasteiger partial charge in [0, 0.05) is 30.6 Å². The Morgan fingerprint density at radius 2 is 2.08 bits per heavy atom. The van der Waals surface area contributed by atoms with Crippen molar-refractivity contribution in [3.8, 4) is 0 Å². The van der Waals surface area contributed by atoms with E-state index in [2.05, 4.69) is 27.0 Å². The molecule has 1 aliphatic rings. The van der Waals surface area contributed by atoms with E-state index in [0.29, 0.717) is 19.0 Å². The molecular formula is C19H29ClN4O. The summed E-state index contributed by atoms with van der Waals surface area (Å²) in [5, 5.41) is 10.4. The molecule has 0 atom stereocenters. The molecule has 0 spiro atoms. The highest BCUT2D eigenvalue weighted by Crippen LogP contribution is 2.17. The summed E-state index contributed by atoms with van der Waals surface area (Å²) in [4.78, 5) is 16.4. The van der Waals surface area contributed by atoms with Crippen LogP contribution < -0.4 is 16.0 Å². The van der Waals surface area contributed by atoms with Crippen LogP contribution in [0.2, 0.25) is 5.02 Å². The number of hydrogen-bond acceptors (Lipinski definition) is 2. The highest BCUT2D eigenvalue weighted by Gasteiger charge is 2.16. The molecule has 1 aromatic carbocycles. The van der Waals surface area contributed by atoms with Crippen LogP contribution in [0.3, 0.4) is 0 Å². The van der Waals surface area contributed by atoms with Crippen LogP contribution in [-0.2, 0) is 11.2 Å². The van der Waals surface area contributed by atoms with E-state index in [1.54, 1.807) is 0 Å². The summed E-state index contributed by atoms with van der Waals surface area (Å²) in [5.41, 5.74) is 1.19. The van der Waals surface area contributed by atoms with Crippen molar-refractivity contribution < 1.29 is 4.79 Å². The lowest BCUT2D eigenvalue weighted by molar-refractivity contribution is -0.121. The van der Waals surface area contributed by atoms with Gasteiger partial charge in [0.15, 0.2) is 5.96 Å². The molecule has 0 aromatic heterocycles. The minimum absolute atomic E-state index is 0.102. The summed E-state index contributed by atoms with van der Waals surface area (Å²) in [5.74, 6) is 0.851. The first-order chi connectivity index (χ1) is 12.2. The largest absolute Gasteiger partial charge is 0.357 e. The van der Waals surface area contributed by atoms with Gasteiger partial charge in [-0.25, -0.2) is 0 Å². The third-order valence-electron chi connectivity index (χ3n) is 4.27. The van der Waals surface area contributed by atoms with Gasteiger partial charge >= 0.3 is 0 Å². The Labute approximate surface area is 155 Å². The Morgan fingerprint density at radius 1 is 1.28 bits per heavy atom. The Hall–Kier alpha value is -1.75. The quantitative estimate of drug-likeness (QED) is 0.491. The van der Waals surface area contributed by atoms with Gasteiger partial charge in [0.25, 0.3) is 0 Å². The van der Waals surface area contributed by atoms with E-state index in [1.165, 1.54) is 18.4 Å². The van der Waals surface area contributed by atoms with Crippen molar-refractivity contribution in [3.63, 3.8) is 0 Å². The van der Waals surface area contributed by atoms with Crippen LogP contribution in [0.15, 0.2) is 29.3 Å². The molecule has 0 unspecified atom stereocenters. The number of benzene rings is 1. The molecule has 1 saturated carbocycles. The number of nitrogens with zero attached hydrogens (tertiary/aromatic N) is 1. The van der Waals surface area contributed by atoms with Crippen molar-refractivity contribution in [3.05, 3.63) is 34.9 Å². The molecule has 2 rings (SSSR count). The zero-order chi connectivity index (χ0) is 17.9. The van der Waals surface area contributed by atoms with Crippen LogP contribution in [0.1, 0.15) is 44.6 Å². The number of hydrogen-bond donors (Lipinski definition) is 3. The number of rotatable bonds is 8. The van der Waals surface area contributed by atoms with E-state index in [-0.39, 0.29) is 5.91 Å². The molecule has 0 heterocycles. The van der Waals surface area contributed by atoms with E-state index in [9.17, 15) is 4.79 Å². The van der Waals surface area contributed by atoms with E-state index in [4.69, 9.17) is 11.6 Å². The molecule has 25 heavy (non-hydrogen) atoms. The van der Waals surface area contributed by atoms with Gasteiger partial charge in [-0.05, 0) is 43.9 Å². The number of amides is 1. The summed E-state index contributed by atoms with van der Waals surface area (Å²) in [6, 6.07) is 8.24. The van der Waals surface area contributed by atoms with Gasteiger partial charge < -0.3 is 16.0 Å². The van der Waals surface area contributed by atoms with E-state index < -0.39 is 0 Å². The van der Waals surface area contributed by atoms with Crippen molar-refractivity contribution in [1.29, 1.82) is 0 Å². The number of aliphatic imine (C=N–C) groups is 1. The molecule has 0 radical (unpaired) electrons. The average Bonchev–Trinajstić information content (AvgIpc) is 3.08. The van der Waals surface area contributed by atoms with Crippen molar-refractivity contribution in [2.24, 2.45) is 4.99 Å². The molecule has 1 aliphatic carbocycles. The minimum atomic E-state index is 0.102. The molecule has 3 N–H and O–H groups in total. The summed E-state index contributed by atoms with van der Waals surface area (Å²) < 4.78 is 0. The second kappa shape index (κ2) is 11.0. The van der Waals surface area contributed by atoms with Crippen LogP contribution >= 0.6 is 11.6 Å². The summed E-state index contributed by atoms with van der Waals surface area (Å²) in [6.07, 6.45) is 5.98. The van der Waals surface area contributed by atoms with Crippen LogP contribution in [-0.4, -0.2) is 37.5 Å². The third kappa shape index (κ3) is 7.78. The van der Waals surface area contributed by atoms with Crippen LogP contribution in [0.4, 0.5) is 0 Å². The maximum atomic E-state index is 11.9. The van der Waals surface area contributed by atoms with Crippen LogP contribution in [0, 0.1) is 0 Å². The number of carbonyl (C=O) groups excluding carboxylic acids is 1. The third-order valence-corrected chi connectivity index (χ3v) is 4.50. The molecule has 5 nitrogen and oxygen atoms in total. The first-order valence-electron chi connectivity index (χ1n) is 9.23. The van der Waals surface area contributed by atoms with Crippen molar-refractivity contribution >= 4 is 23.5 Å². The first kappa shape index (κ1) is 19.6. The van der Waals surface area contributed by atoms with Gasteiger partial charge in [-0.1, -0.05) is 36.6 Å². The van der Waals surface area contributed by atoms with Gasteiger partial charge in [-0.3, -0.25) is 9.79 Å². The van der Waals surface area contributed by atoms with Crippen LogP contribution in [0.25, 0.3) is 0 Å². The van der Waals surface area contributed by atoms with Gasteiger partial charge in [0.1, 0.15) is 0 Å². The molecule has 1 aromatic rings. The van der Waals surface area contributed by atoms with Gasteiger partial charge in [-0.2, -0.15) is 0 Å². The lowest BCUT2D eigenvalue weighted by Gasteiger charge is -2.13. The maximum Gasteiger partial charge on any atom is 0.222 e. The highest BCUT2D eigenvalue weighted by molar-refractivity contribution is 6.30. The zero-order valence-electron chi connectivity index (χ0n) is 15.0. The number of nitrogens with one attached hydrogen (secondary N) is 3. The predicted octanol–water partition coefficient (Wildman–Crippen LogP) is 2.89. The molecule has 0 bridgehead atoms. The van der Waals surface area contributed by atoms with Crippen LogP contribution in [0.5, 0.6) is 0 Å². The topological polar surface area (TPSA) is 65.5 Å². The SMILES string of the molecule is CCNC(=NCCC(=O)NC1CCCC1)NCCc1cccc(Cl)c1. The summed E-state index contributed by atoms with van der Waals surface area (Å²) in [7, 11) is 0. The number of halogens is 1. The second-order valence-electron chi connectivity index (χ2n) is 6.37. The fourth-order valence-corrected chi connectivity index (χ4v) is 3.21. The predicted molar refractivity (Wildman–Crippen MR) is 104 cm³/mol. The van der Waals surface area contributed by atoms with Gasteiger partial charge in [0.2, 0.25) is 5.91 Å². The smallest absolute Gasteiger partial charge is 0.222 e. The van der Waals surface area contributed by atoms with Gasteiger partial charge in [-0.15, -0.1) is 0 Å². The molecule has 1 amide bonds. The standard InChI is InChI=1S/C19H29ClN4O/c1-2-21-19(22-12-10-15-6-5-7-16(20)14-15)23-13-11-18(25)24-17-8-3-4-9-17/h5-7,14,17H,2-4,8-13H2,1H3,(H,24,25)(H2,21,22,23). The molecule has 0 saturated heterocycles. The maximum absolute atomic E-state index is 11.9. The van der Waals surface area contributed by atoms with Crippen molar-refractivity contribution in [2.45, 2.75) is 51.5 Å². The lowest BCUT2D eigenvalue weighted by atomic mass is 10.1. The fraction of sp³-hybridized carbons (Fsp3) is 0.579. The molecule has 0 aliphatic heterocycles. The average molecular weight is 365 g/mol. The van der Waals surface area contributed by atoms with Crippen molar-refractivity contribution in [2.75, 3.05) is 19.6 Å². The van der Waals surface area contributed by atoms with E-state index in [0.717, 1.165) is 43.3 Å². The minimum Gasteiger partial charge on any atom is -0.357 e. The van der Waals surface area contributed by atoms with Gasteiger partial charge in [0.05, 0.1) is 6.54 Å². The zero-order valence-corrected chi connectivity index (χ0v) is 15.7. The fourth-order valence-electron chi connectivity index (χ4n) is 3.00. The summed E-state index contributed by atoms with van der Waals surface area (Å²) >= 11 is 6.00. The molecular weight excluding hydrogens is 336 g/mol. The Balaban J connectivity index is 1.70. The Bertz CT molecular complexity index is 570. The Morgan fingerprint density at radius 3 is 2.80 bits per heavy atom. The molecule has 138 valence electrons. The lowest BCUT2D eigenvalue weighted by Crippen LogP contribution is -2.38.